The first-order chi connectivity index (χ1) is 16.6. The van der Waals surface area contributed by atoms with Crippen molar-refractivity contribution in [3.63, 3.8) is 0 Å². The SMILES string of the molecule is Cc1cc(C)c(N2CCN(c3c(C)cc(C)cc3C)[C-]2[C](=[Ru+])c2ccccc2OC(C)C)c(C)c1.Cl.Cl. The minimum Gasteiger partial charge on any atom is -0.147 e. The number of rotatable bonds is 6. The summed E-state index contributed by atoms with van der Waals surface area (Å²) in [7, 11) is 0. The van der Waals surface area contributed by atoms with Crippen molar-refractivity contribution in [3.8, 4) is 5.75 Å². The Hall–Kier alpha value is -1.87. The Balaban J connectivity index is 0.00000241. The molecule has 6 heteroatoms. The summed E-state index contributed by atoms with van der Waals surface area (Å²) in [5.74, 6) is 0.921. The van der Waals surface area contributed by atoms with E-state index in [9.17, 15) is 0 Å². The van der Waals surface area contributed by atoms with Crippen molar-refractivity contribution in [2.75, 3.05) is 22.9 Å². The van der Waals surface area contributed by atoms with E-state index in [4.69, 9.17) is 4.74 Å². The number of benzene rings is 3. The molecule has 0 aliphatic carbocycles. The third-order valence-electron chi connectivity index (χ3n) is 6.54. The van der Waals surface area contributed by atoms with Crippen molar-refractivity contribution in [1.82, 2.24) is 0 Å². The normalized spacial score (nSPS) is 13.4. The molecule has 201 valence electrons. The van der Waals surface area contributed by atoms with Gasteiger partial charge in [0.1, 0.15) is 0 Å². The Kier molecular flexibility index (Phi) is 10.8. The van der Waals surface area contributed by atoms with Crippen molar-refractivity contribution in [3.05, 3.63) is 93.6 Å². The minimum atomic E-state index is 0. The molecule has 4 rings (SSSR count). The number of ether oxygens (including phenoxy) is 1. The molecule has 1 aliphatic heterocycles. The van der Waals surface area contributed by atoms with Gasteiger partial charge in [-0.1, -0.05) is 0 Å². The standard InChI is InChI=1S/C31H37N2O.2ClH.Ru/c1-20(2)34-28-12-10-9-11-27(28)19-29-32(30-23(5)15-21(3)16-24(30)6)13-14-33(29)31-25(7)17-22(4)18-26(31)8;;;/h9-12,15-18,20H,13-14H2,1-8H3;2*1H;/q-1;;;+1. The summed E-state index contributed by atoms with van der Waals surface area (Å²) in [6.45, 7) is 19.3. The van der Waals surface area contributed by atoms with Gasteiger partial charge in [-0.3, -0.25) is 0 Å². The molecule has 0 bridgehead atoms. The number of halogens is 2. The molecular formula is C31H39Cl2N2ORu. The summed E-state index contributed by atoms with van der Waals surface area (Å²) in [6.07, 6.45) is 1.32. The first-order valence-electron chi connectivity index (χ1n) is 12.4. The van der Waals surface area contributed by atoms with Gasteiger partial charge in [0, 0.05) is 0 Å². The van der Waals surface area contributed by atoms with Gasteiger partial charge in [0.2, 0.25) is 0 Å². The number of anilines is 2. The number of nitrogens with zero attached hydrogens (tertiary/aromatic N) is 2. The zero-order valence-electron chi connectivity index (χ0n) is 23.1. The van der Waals surface area contributed by atoms with Crippen LogP contribution in [0.25, 0.3) is 0 Å². The summed E-state index contributed by atoms with van der Waals surface area (Å²) >= 11 is 2.93. The van der Waals surface area contributed by atoms with Gasteiger partial charge in [0.05, 0.1) is 0 Å². The van der Waals surface area contributed by atoms with Gasteiger partial charge in [0.15, 0.2) is 0 Å². The van der Waals surface area contributed by atoms with Crippen LogP contribution in [0.1, 0.15) is 52.8 Å². The van der Waals surface area contributed by atoms with Gasteiger partial charge in [-0.25, -0.2) is 0 Å². The van der Waals surface area contributed by atoms with E-state index in [1.165, 1.54) is 50.9 Å². The first kappa shape index (κ1) is 31.4. The van der Waals surface area contributed by atoms with Crippen LogP contribution in [0.4, 0.5) is 11.4 Å². The Morgan fingerprint density at radius 1 is 0.757 bits per heavy atom. The van der Waals surface area contributed by atoms with Crippen LogP contribution in [-0.4, -0.2) is 23.3 Å². The molecule has 0 radical (unpaired) electrons. The molecule has 0 saturated carbocycles. The molecule has 0 spiro atoms. The monoisotopic (exact) mass is 627 g/mol. The van der Waals surface area contributed by atoms with Gasteiger partial charge >= 0.3 is 222 Å². The van der Waals surface area contributed by atoms with Crippen LogP contribution in [-0.2, 0) is 17.9 Å². The van der Waals surface area contributed by atoms with Crippen LogP contribution in [0.3, 0.4) is 0 Å². The predicted molar refractivity (Wildman–Crippen MR) is 160 cm³/mol. The molecule has 0 unspecified atom stereocenters. The summed E-state index contributed by atoms with van der Waals surface area (Å²) < 4.78 is 7.42. The second kappa shape index (κ2) is 12.8. The number of para-hydroxylation sites is 1. The van der Waals surface area contributed by atoms with Gasteiger partial charge in [-0.2, -0.15) is 0 Å². The quantitative estimate of drug-likeness (QED) is 0.205. The molecule has 0 aromatic heterocycles. The van der Waals surface area contributed by atoms with Crippen molar-refractivity contribution in [2.24, 2.45) is 0 Å². The van der Waals surface area contributed by atoms with Crippen molar-refractivity contribution in [2.45, 2.75) is 61.5 Å². The van der Waals surface area contributed by atoms with Crippen molar-refractivity contribution < 1.29 is 22.6 Å². The fourth-order valence-electron chi connectivity index (χ4n) is 5.54. The Morgan fingerprint density at radius 2 is 1.16 bits per heavy atom. The topological polar surface area (TPSA) is 15.7 Å². The maximum atomic E-state index is 6.25. The van der Waals surface area contributed by atoms with Crippen LogP contribution >= 0.6 is 24.8 Å². The maximum absolute atomic E-state index is 6.25. The number of aryl methyl sites for hydroxylation is 6. The first-order valence-corrected chi connectivity index (χ1v) is 13.3. The van der Waals surface area contributed by atoms with Crippen LogP contribution in [0.5, 0.6) is 5.75 Å². The molecule has 0 atom stereocenters. The van der Waals surface area contributed by atoms with E-state index in [1.807, 2.05) is 0 Å². The van der Waals surface area contributed by atoms with Gasteiger partial charge in [0.25, 0.3) is 0 Å². The zero-order valence-corrected chi connectivity index (χ0v) is 26.5. The fraction of sp³-hybridized carbons (Fsp3) is 0.355. The zero-order chi connectivity index (χ0) is 25.4. The summed E-state index contributed by atoms with van der Waals surface area (Å²) in [5.41, 5.74) is 11.6. The molecule has 0 N–H and O–H groups in total. The van der Waals surface area contributed by atoms with E-state index in [1.54, 1.807) is 0 Å². The Labute approximate surface area is 245 Å². The summed E-state index contributed by atoms with van der Waals surface area (Å²) in [5, 5.41) is 0. The van der Waals surface area contributed by atoms with Crippen LogP contribution in [0, 0.1) is 47.7 Å². The largest absolute Gasteiger partial charge is 0.147 e. The third kappa shape index (κ3) is 6.41. The van der Waals surface area contributed by atoms with E-state index in [2.05, 4.69) is 132 Å². The molecule has 1 saturated heterocycles. The minimum absolute atomic E-state index is 0. The smallest absolute Gasteiger partial charge is 0.147 e. The predicted octanol–water partition coefficient (Wildman–Crippen LogP) is 7.75. The Bertz CT molecular complexity index is 1160. The third-order valence-corrected chi connectivity index (χ3v) is 7.40. The molecule has 1 heterocycles. The molecule has 3 nitrogen and oxygen atoms in total. The average molecular weight is 628 g/mol. The number of hydrogen-bond acceptors (Lipinski definition) is 3. The van der Waals surface area contributed by atoms with Crippen molar-refractivity contribution >= 4 is 40.3 Å². The van der Waals surface area contributed by atoms with Crippen LogP contribution in [0.15, 0.2) is 48.5 Å². The second-order valence-electron chi connectivity index (χ2n) is 10.1. The fourth-order valence-corrected chi connectivity index (χ4v) is 6.37. The van der Waals surface area contributed by atoms with E-state index in [0.29, 0.717) is 0 Å². The van der Waals surface area contributed by atoms with Gasteiger partial charge < -0.3 is 0 Å². The molecule has 1 fully saturated rings. The van der Waals surface area contributed by atoms with Gasteiger partial charge in [-0.05, 0) is 0 Å². The van der Waals surface area contributed by atoms with Crippen LogP contribution < -0.4 is 14.5 Å². The summed E-state index contributed by atoms with van der Waals surface area (Å²) in [4.78, 5) is 5.03. The molecule has 0 amide bonds. The second-order valence-corrected chi connectivity index (χ2v) is 11.0. The number of hydrogen-bond donors (Lipinski definition) is 0. The van der Waals surface area contributed by atoms with Gasteiger partial charge in [-0.15, -0.1) is 24.8 Å². The molecular weight excluding hydrogens is 588 g/mol. The van der Waals surface area contributed by atoms with E-state index in [-0.39, 0.29) is 30.9 Å². The van der Waals surface area contributed by atoms with Crippen LogP contribution in [0.2, 0.25) is 0 Å². The maximum Gasteiger partial charge on any atom is -0.147 e. The molecule has 37 heavy (non-hydrogen) atoms. The molecule has 1 aliphatic rings. The van der Waals surface area contributed by atoms with E-state index >= 15 is 0 Å². The van der Waals surface area contributed by atoms with E-state index < -0.39 is 0 Å². The molecule has 3 aromatic carbocycles. The average Bonchev–Trinajstić information content (AvgIpc) is 3.15. The van der Waals surface area contributed by atoms with E-state index in [0.717, 1.165) is 28.5 Å². The Morgan fingerprint density at radius 3 is 1.57 bits per heavy atom. The molecule has 3 aromatic rings. The van der Waals surface area contributed by atoms with Crippen molar-refractivity contribution in [1.29, 1.82) is 0 Å². The summed E-state index contributed by atoms with van der Waals surface area (Å²) in [6, 6.07) is 17.6.